The lowest BCUT2D eigenvalue weighted by Crippen LogP contribution is -2.23. The number of fused-ring (bicyclic) bond motifs is 1. The van der Waals surface area contributed by atoms with Crippen LogP contribution in [0.4, 0.5) is 0 Å². The molecular weight excluding hydrogens is 256 g/mol. The maximum atomic E-state index is 10.5. The van der Waals surface area contributed by atoms with Gasteiger partial charge >= 0.3 is 0 Å². The predicted octanol–water partition coefficient (Wildman–Crippen LogP) is 2.90. The molecule has 0 bridgehead atoms. The van der Waals surface area contributed by atoms with Gasteiger partial charge in [0.05, 0.1) is 6.10 Å². The smallest absolute Gasteiger partial charge is 0.108 e. The van der Waals surface area contributed by atoms with Crippen LogP contribution in [0.1, 0.15) is 41.4 Å². The molecule has 0 amide bonds. The summed E-state index contributed by atoms with van der Waals surface area (Å²) in [6.45, 7) is 0. The molecular formula is C15H20N2OS. The molecule has 102 valence electrons. The first kappa shape index (κ1) is 12.9. The summed E-state index contributed by atoms with van der Waals surface area (Å²) in [5.74, 6) is 1.38. The van der Waals surface area contributed by atoms with E-state index in [-0.39, 0.29) is 6.10 Å². The number of aliphatic hydroxyl groups excluding tert-OH is 1. The quantitative estimate of drug-likeness (QED) is 0.932. The molecule has 0 radical (unpaired) electrons. The van der Waals surface area contributed by atoms with Crippen molar-refractivity contribution in [2.75, 3.05) is 0 Å². The summed E-state index contributed by atoms with van der Waals surface area (Å²) in [5.41, 5.74) is 1.39. The number of hydrogen-bond donors (Lipinski definition) is 1. The number of aryl methyl sites for hydroxylation is 3. The molecule has 1 N–H and O–H groups in total. The van der Waals surface area contributed by atoms with Crippen molar-refractivity contribution in [1.82, 2.24) is 9.55 Å². The Hall–Kier alpha value is -1.13. The van der Waals surface area contributed by atoms with E-state index in [2.05, 4.69) is 16.4 Å². The molecule has 2 atom stereocenters. The van der Waals surface area contributed by atoms with Crippen molar-refractivity contribution >= 4 is 11.3 Å². The summed E-state index contributed by atoms with van der Waals surface area (Å²) < 4.78 is 2.03. The highest BCUT2D eigenvalue weighted by atomic mass is 32.1. The van der Waals surface area contributed by atoms with Gasteiger partial charge in [-0.15, -0.1) is 11.3 Å². The largest absolute Gasteiger partial charge is 0.392 e. The lowest BCUT2D eigenvalue weighted by molar-refractivity contribution is 0.125. The SMILES string of the molecule is Cn1ccnc1CCC(O)C1CCCc2sccc21. The third kappa shape index (κ3) is 2.60. The highest BCUT2D eigenvalue weighted by Crippen LogP contribution is 2.37. The van der Waals surface area contributed by atoms with E-state index in [0.29, 0.717) is 5.92 Å². The summed E-state index contributed by atoms with van der Waals surface area (Å²) in [4.78, 5) is 5.80. The topological polar surface area (TPSA) is 38.0 Å². The lowest BCUT2D eigenvalue weighted by Gasteiger charge is -2.27. The second-order valence-corrected chi connectivity index (χ2v) is 6.36. The van der Waals surface area contributed by atoms with E-state index in [9.17, 15) is 5.11 Å². The van der Waals surface area contributed by atoms with Crippen LogP contribution in [0.5, 0.6) is 0 Å². The first-order valence-electron chi connectivity index (χ1n) is 6.96. The zero-order chi connectivity index (χ0) is 13.2. The van der Waals surface area contributed by atoms with Gasteiger partial charge in [-0.3, -0.25) is 0 Å². The Balaban J connectivity index is 1.66. The molecule has 1 aliphatic carbocycles. The van der Waals surface area contributed by atoms with Crippen molar-refractivity contribution in [2.24, 2.45) is 7.05 Å². The monoisotopic (exact) mass is 276 g/mol. The van der Waals surface area contributed by atoms with E-state index in [1.54, 1.807) is 0 Å². The molecule has 2 heterocycles. The van der Waals surface area contributed by atoms with Crippen molar-refractivity contribution < 1.29 is 5.11 Å². The van der Waals surface area contributed by atoms with Crippen molar-refractivity contribution in [3.05, 3.63) is 40.1 Å². The van der Waals surface area contributed by atoms with Gasteiger partial charge in [-0.25, -0.2) is 4.98 Å². The van der Waals surface area contributed by atoms with Crippen LogP contribution in [-0.2, 0) is 19.9 Å². The number of aromatic nitrogens is 2. The van der Waals surface area contributed by atoms with Gasteiger partial charge < -0.3 is 9.67 Å². The Morgan fingerprint density at radius 1 is 1.58 bits per heavy atom. The first-order valence-corrected chi connectivity index (χ1v) is 7.84. The van der Waals surface area contributed by atoms with E-state index < -0.39 is 0 Å². The number of nitrogens with zero attached hydrogens (tertiary/aromatic N) is 2. The zero-order valence-corrected chi connectivity index (χ0v) is 12.1. The first-order chi connectivity index (χ1) is 9.25. The van der Waals surface area contributed by atoms with E-state index in [4.69, 9.17) is 0 Å². The second-order valence-electron chi connectivity index (χ2n) is 5.36. The van der Waals surface area contributed by atoms with Gasteiger partial charge in [0.15, 0.2) is 0 Å². The maximum absolute atomic E-state index is 10.5. The average molecular weight is 276 g/mol. The molecule has 0 fully saturated rings. The predicted molar refractivity (Wildman–Crippen MR) is 77.5 cm³/mol. The van der Waals surface area contributed by atoms with Gasteiger partial charge in [0, 0.05) is 36.7 Å². The second kappa shape index (κ2) is 5.47. The van der Waals surface area contributed by atoms with Crippen LogP contribution in [0.25, 0.3) is 0 Å². The molecule has 4 heteroatoms. The van der Waals surface area contributed by atoms with Crippen LogP contribution in [0.2, 0.25) is 0 Å². The fourth-order valence-corrected chi connectivity index (χ4v) is 4.03. The van der Waals surface area contributed by atoms with Gasteiger partial charge in [0.25, 0.3) is 0 Å². The van der Waals surface area contributed by atoms with E-state index in [0.717, 1.165) is 25.1 Å². The van der Waals surface area contributed by atoms with Crippen LogP contribution >= 0.6 is 11.3 Å². The minimum atomic E-state index is -0.245. The van der Waals surface area contributed by atoms with Crippen LogP contribution in [0.15, 0.2) is 23.8 Å². The van der Waals surface area contributed by atoms with Crippen molar-refractivity contribution in [1.29, 1.82) is 0 Å². The molecule has 2 aromatic rings. The van der Waals surface area contributed by atoms with Gasteiger partial charge in [-0.2, -0.15) is 0 Å². The summed E-state index contributed by atoms with van der Waals surface area (Å²) in [7, 11) is 2.01. The Morgan fingerprint density at radius 3 is 3.26 bits per heavy atom. The van der Waals surface area contributed by atoms with Gasteiger partial charge in [-0.05, 0) is 42.7 Å². The van der Waals surface area contributed by atoms with Crippen LogP contribution in [0.3, 0.4) is 0 Å². The van der Waals surface area contributed by atoms with Crippen molar-refractivity contribution in [3.63, 3.8) is 0 Å². The van der Waals surface area contributed by atoms with E-state index in [1.165, 1.54) is 23.3 Å². The summed E-state index contributed by atoms with van der Waals surface area (Å²) in [6.07, 6.45) is 8.69. The molecule has 3 rings (SSSR count). The van der Waals surface area contributed by atoms with Crippen LogP contribution < -0.4 is 0 Å². The number of thiophene rings is 1. The number of aliphatic hydroxyl groups is 1. The van der Waals surface area contributed by atoms with Gasteiger partial charge in [0.2, 0.25) is 0 Å². The molecule has 0 aliphatic heterocycles. The number of hydrogen-bond acceptors (Lipinski definition) is 3. The average Bonchev–Trinajstić information content (AvgIpc) is 3.04. The van der Waals surface area contributed by atoms with Gasteiger partial charge in [-0.1, -0.05) is 0 Å². The lowest BCUT2D eigenvalue weighted by atomic mass is 9.82. The molecule has 0 saturated carbocycles. The summed E-state index contributed by atoms with van der Waals surface area (Å²) in [5, 5.41) is 12.7. The number of imidazole rings is 1. The standard InChI is InChI=1S/C15H20N2OS/c1-17-9-8-16-15(17)6-5-13(18)11-3-2-4-14-12(11)7-10-19-14/h7-11,13,18H,2-6H2,1H3. The zero-order valence-electron chi connectivity index (χ0n) is 11.2. The molecule has 2 unspecified atom stereocenters. The Bertz CT molecular complexity index is 546. The Labute approximate surface area is 117 Å². The molecule has 0 aromatic carbocycles. The maximum Gasteiger partial charge on any atom is 0.108 e. The normalized spacial score (nSPS) is 20.2. The van der Waals surface area contributed by atoms with E-state index >= 15 is 0 Å². The van der Waals surface area contributed by atoms with Crippen molar-refractivity contribution in [2.45, 2.75) is 44.1 Å². The van der Waals surface area contributed by atoms with E-state index in [1.807, 2.05) is 35.3 Å². The molecule has 1 aliphatic rings. The molecule has 0 spiro atoms. The summed E-state index contributed by atoms with van der Waals surface area (Å²) >= 11 is 1.84. The van der Waals surface area contributed by atoms with Crippen LogP contribution in [-0.4, -0.2) is 20.8 Å². The molecule has 2 aromatic heterocycles. The molecule has 3 nitrogen and oxygen atoms in total. The highest BCUT2D eigenvalue weighted by Gasteiger charge is 2.27. The third-order valence-electron chi connectivity index (χ3n) is 4.15. The Kier molecular flexibility index (Phi) is 3.71. The van der Waals surface area contributed by atoms with Crippen molar-refractivity contribution in [3.8, 4) is 0 Å². The number of rotatable bonds is 4. The minimum Gasteiger partial charge on any atom is -0.392 e. The van der Waals surface area contributed by atoms with Gasteiger partial charge in [0.1, 0.15) is 5.82 Å². The minimum absolute atomic E-state index is 0.245. The molecule has 0 saturated heterocycles. The fraction of sp³-hybridized carbons (Fsp3) is 0.533. The molecule has 19 heavy (non-hydrogen) atoms. The summed E-state index contributed by atoms with van der Waals surface area (Å²) in [6, 6.07) is 2.20. The highest BCUT2D eigenvalue weighted by molar-refractivity contribution is 7.10. The fourth-order valence-electron chi connectivity index (χ4n) is 3.04. The van der Waals surface area contributed by atoms with Crippen LogP contribution in [0, 0.1) is 0 Å². The Morgan fingerprint density at radius 2 is 2.47 bits per heavy atom. The third-order valence-corrected chi connectivity index (χ3v) is 5.14.